The fourth-order valence-corrected chi connectivity index (χ4v) is 3.89. The van der Waals surface area contributed by atoms with Gasteiger partial charge >= 0.3 is 0 Å². The molecule has 3 N–H and O–H groups in total. The maximum atomic E-state index is 12.7. The smallest absolute Gasteiger partial charge is 0.251 e. The first-order chi connectivity index (χ1) is 14.3. The van der Waals surface area contributed by atoms with Crippen molar-refractivity contribution in [3.8, 4) is 0 Å². The van der Waals surface area contributed by atoms with Crippen LogP contribution in [0.25, 0.3) is 10.9 Å². The van der Waals surface area contributed by atoms with Gasteiger partial charge in [0.1, 0.15) is 5.69 Å². The molecule has 1 aliphatic carbocycles. The van der Waals surface area contributed by atoms with Crippen molar-refractivity contribution in [1.82, 2.24) is 20.8 Å². The van der Waals surface area contributed by atoms with E-state index in [1.54, 1.807) is 0 Å². The van der Waals surface area contributed by atoms with Gasteiger partial charge in [0, 0.05) is 36.4 Å². The predicted molar refractivity (Wildman–Crippen MR) is 111 cm³/mol. The van der Waals surface area contributed by atoms with E-state index in [0.717, 1.165) is 48.3 Å². The molecule has 7 nitrogen and oxygen atoms in total. The lowest BCUT2D eigenvalue weighted by molar-refractivity contribution is -0.117. The van der Waals surface area contributed by atoms with Crippen LogP contribution in [0.4, 0.5) is 0 Å². The summed E-state index contributed by atoms with van der Waals surface area (Å²) in [6, 6.07) is 7.75. The maximum Gasteiger partial charge on any atom is 0.251 e. The number of nitrogens with zero attached hydrogens (tertiary/aromatic N) is 2. The zero-order chi connectivity index (χ0) is 19.6. The lowest BCUT2D eigenvalue weighted by Gasteiger charge is -2.22. The van der Waals surface area contributed by atoms with Crippen molar-refractivity contribution in [1.29, 1.82) is 0 Å². The Morgan fingerprint density at radius 3 is 2.93 bits per heavy atom. The zero-order valence-corrected chi connectivity index (χ0v) is 16.0. The first kappa shape index (κ1) is 17.9. The summed E-state index contributed by atoms with van der Waals surface area (Å²) < 4.78 is 5.38. The van der Waals surface area contributed by atoms with Gasteiger partial charge in [-0.25, -0.2) is 0 Å². The molecular formula is C22H23N5O2. The minimum absolute atomic E-state index is 0.0590. The lowest BCUT2D eigenvalue weighted by Crippen LogP contribution is -2.33. The largest absolute Gasteiger partial charge is 0.381 e. The first-order valence-corrected chi connectivity index (χ1v) is 10.0. The van der Waals surface area contributed by atoms with Crippen LogP contribution in [0.3, 0.4) is 0 Å². The Bertz CT molecular complexity index is 1060. The van der Waals surface area contributed by atoms with Crippen LogP contribution in [0.15, 0.2) is 64.8 Å². The van der Waals surface area contributed by atoms with Crippen molar-refractivity contribution in [2.75, 3.05) is 19.8 Å². The molecule has 0 radical (unpaired) electrons. The number of nitrogens with one attached hydrogen (secondary N) is 3. The molecule has 2 bridgehead atoms. The highest BCUT2D eigenvalue weighted by Crippen LogP contribution is 2.21. The average molecular weight is 389 g/mol. The Morgan fingerprint density at radius 1 is 1.17 bits per heavy atom. The van der Waals surface area contributed by atoms with Crippen LogP contribution in [0, 0.1) is 5.92 Å². The van der Waals surface area contributed by atoms with Crippen molar-refractivity contribution in [3.05, 3.63) is 65.5 Å². The van der Waals surface area contributed by atoms with Gasteiger partial charge in [-0.15, -0.1) is 0 Å². The molecule has 0 spiro atoms. The van der Waals surface area contributed by atoms with Crippen molar-refractivity contribution >= 4 is 22.6 Å². The molecule has 7 heteroatoms. The monoisotopic (exact) mass is 389 g/mol. The van der Waals surface area contributed by atoms with E-state index >= 15 is 0 Å². The number of allylic oxidation sites excluding steroid dienone is 1. The van der Waals surface area contributed by atoms with E-state index < -0.39 is 0 Å². The summed E-state index contributed by atoms with van der Waals surface area (Å²) in [6.07, 6.45) is 9.67. The summed E-state index contributed by atoms with van der Waals surface area (Å²) in [7, 11) is 0. The summed E-state index contributed by atoms with van der Waals surface area (Å²) >= 11 is 0. The number of aromatic amines is 1. The van der Waals surface area contributed by atoms with Crippen LogP contribution in [0.5, 0.6) is 0 Å². The number of rotatable bonds is 4. The summed E-state index contributed by atoms with van der Waals surface area (Å²) in [4.78, 5) is 17.5. The number of fused-ring (bicyclic) bond motifs is 2. The average Bonchev–Trinajstić information content (AvgIpc) is 3.13. The van der Waals surface area contributed by atoms with E-state index in [2.05, 4.69) is 20.8 Å². The number of ether oxygens (including phenoxy) is 1. The van der Waals surface area contributed by atoms with Crippen molar-refractivity contribution in [2.24, 2.45) is 10.9 Å². The number of aliphatic imine (C=N–C) groups is 1. The van der Waals surface area contributed by atoms with Gasteiger partial charge < -0.3 is 15.4 Å². The second-order valence-corrected chi connectivity index (χ2v) is 7.55. The first-order valence-electron chi connectivity index (χ1n) is 10.0. The Morgan fingerprint density at radius 2 is 2.03 bits per heavy atom. The molecule has 5 rings (SSSR count). The second kappa shape index (κ2) is 7.67. The van der Waals surface area contributed by atoms with Gasteiger partial charge in [0.05, 0.1) is 11.6 Å². The second-order valence-electron chi connectivity index (χ2n) is 7.55. The summed E-state index contributed by atoms with van der Waals surface area (Å²) in [5.74, 6) is 1.13. The van der Waals surface area contributed by atoms with Crippen molar-refractivity contribution in [2.45, 2.75) is 18.9 Å². The number of amidine groups is 1. The molecule has 148 valence electrons. The van der Waals surface area contributed by atoms with Crippen LogP contribution in [-0.4, -0.2) is 47.7 Å². The quantitative estimate of drug-likeness (QED) is 0.748. The highest BCUT2D eigenvalue weighted by Gasteiger charge is 2.22. The van der Waals surface area contributed by atoms with E-state index in [9.17, 15) is 4.79 Å². The highest BCUT2D eigenvalue weighted by molar-refractivity contribution is 6.09. The standard InChI is InChI=1S/C22H23N5O2/c28-22(23-13-14-7-9-29-10-8-14)15-5-6-16-12-17(11-15)25-21(24-16)20-18-3-1-2-4-19(18)26-27-20/h1-6,11-12,14,17H,7-10,13H2,(H,23,28)(H,24,25)(H,26,27). The number of benzene rings is 1. The van der Waals surface area contributed by atoms with Gasteiger partial charge in [-0.2, -0.15) is 5.10 Å². The minimum Gasteiger partial charge on any atom is -0.381 e. The molecule has 1 amide bonds. The van der Waals surface area contributed by atoms with Gasteiger partial charge in [-0.1, -0.05) is 18.2 Å². The van der Waals surface area contributed by atoms with E-state index in [1.807, 2.05) is 48.6 Å². The number of H-pyrrole nitrogens is 1. The van der Waals surface area contributed by atoms with Crippen LogP contribution < -0.4 is 10.6 Å². The molecule has 1 unspecified atom stereocenters. The number of carbonyl (C=O) groups excluding carboxylic acids is 1. The van der Waals surface area contributed by atoms with Crippen LogP contribution >= 0.6 is 0 Å². The Balaban J connectivity index is 1.34. The number of aromatic nitrogens is 2. The third-order valence-electron chi connectivity index (χ3n) is 5.53. The zero-order valence-electron chi connectivity index (χ0n) is 16.0. The van der Waals surface area contributed by atoms with E-state index in [-0.39, 0.29) is 11.9 Å². The number of hydrogen-bond donors (Lipinski definition) is 3. The molecule has 1 aromatic carbocycles. The molecular weight excluding hydrogens is 366 g/mol. The van der Waals surface area contributed by atoms with Gasteiger partial charge in [0.2, 0.25) is 0 Å². The number of para-hydroxylation sites is 1. The topological polar surface area (TPSA) is 91.4 Å². The third-order valence-corrected chi connectivity index (χ3v) is 5.53. The summed E-state index contributed by atoms with van der Waals surface area (Å²) in [5.41, 5.74) is 3.29. The number of carbonyl (C=O) groups is 1. The van der Waals surface area contributed by atoms with Crippen LogP contribution in [0.1, 0.15) is 18.5 Å². The Labute approximate surface area is 168 Å². The normalized spacial score (nSPS) is 21.7. The highest BCUT2D eigenvalue weighted by atomic mass is 16.5. The van der Waals surface area contributed by atoms with Crippen molar-refractivity contribution < 1.29 is 9.53 Å². The molecule has 1 aromatic heterocycles. The summed E-state index contributed by atoms with van der Waals surface area (Å²) in [5, 5.41) is 14.9. The molecule has 3 aliphatic rings. The van der Waals surface area contributed by atoms with Gasteiger partial charge in [-0.3, -0.25) is 14.9 Å². The molecule has 1 saturated heterocycles. The fraction of sp³-hybridized carbons (Fsp3) is 0.318. The minimum atomic E-state index is -0.212. The SMILES string of the molecule is O=C(NCC1CCOCC1)C1=CC2C=C(C=C1)NC(c1n[nH]c3ccccc13)=N2. The molecule has 0 saturated carbocycles. The molecule has 1 fully saturated rings. The summed E-state index contributed by atoms with van der Waals surface area (Å²) in [6.45, 7) is 2.25. The predicted octanol–water partition coefficient (Wildman–Crippen LogP) is 2.20. The molecule has 3 heterocycles. The van der Waals surface area contributed by atoms with Gasteiger partial charge in [0.15, 0.2) is 5.84 Å². The van der Waals surface area contributed by atoms with Crippen LogP contribution in [-0.2, 0) is 9.53 Å². The number of amides is 1. The number of hydrogen-bond acceptors (Lipinski definition) is 5. The molecule has 2 aliphatic heterocycles. The molecule has 1 atom stereocenters. The van der Waals surface area contributed by atoms with E-state index in [0.29, 0.717) is 23.9 Å². The van der Waals surface area contributed by atoms with Crippen LogP contribution in [0.2, 0.25) is 0 Å². The van der Waals surface area contributed by atoms with E-state index in [4.69, 9.17) is 9.73 Å². The van der Waals surface area contributed by atoms with Gasteiger partial charge in [-0.05, 0) is 49.1 Å². The molecule has 29 heavy (non-hydrogen) atoms. The molecule has 2 aromatic rings. The Hall–Kier alpha value is -3.19. The Kier molecular flexibility index (Phi) is 4.73. The van der Waals surface area contributed by atoms with E-state index in [1.165, 1.54) is 0 Å². The van der Waals surface area contributed by atoms with Gasteiger partial charge in [0.25, 0.3) is 5.91 Å². The van der Waals surface area contributed by atoms with Crippen molar-refractivity contribution in [3.63, 3.8) is 0 Å². The lowest BCUT2D eigenvalue weighted by atomic mass is 10.0. The third kappa shape index (κ3) is 3.73. The maximum absolute atomic E-state index is 12.7. The fourth-order valence-electron chi connectivity index (χ4n) is 3.89.